The number of nitrogens with zero attached hydrogens (tertiary/aromatic N) is 2. The van der Waals surface area contributed by atoms with Gasteiger partial charge in [-0.1, -0.05) is 13.8 Å². The van der Waals surface area contributed by atoms with E-state index in [1.807, 2.05) is 17.5 Å². The molecule has 1 aliphatic rings. The van der Waals surface area contributed by atoms with Crippen molar-refractivity contribution in [3.63, 3.8) is 0 Å². The topological polar surface area (TPSA) is 28.2 Å². The first kappa shape index (κ1) is 14.8. The molecule has 2 rings (SSSR count). The lowest BCUT2D eigenvalue weighted by Gasteiger charge is -2.19. The number of thiazole rings is 1. The number of anilines is 1. The average molecular weight is 281 g/mol. The molecule has 3 nitrogen and oxygen atoms in total. The van der Waals surface area contributed by atoms with Crippen molar-refractivity contribution in [1.29, 1.82) is 0 Å². The van der Waals surface area contributed by atoms with Crippen molar-refractivity contribution in [1.82, 2.24) is 10.3 Å². The smallest absolute Gasteiger partial charge is 0.185 e. The third-order valence-electron chi connectivity index (χ3n) is 4.47. The lowest BCUT2D eigenvalue weighted by Crippen LogP contribution is -2.26. The number of hydrogen-bond acceptors (Lipinski definition) is 4. The van der Waals surface area contributed by atoms with E-state index in [2.05, 4.69) is 42.9 Å². The van der Waals surface area contributed by atoms with Gasteiger partial charge in [-0.05, 0) is 38.0 Å². The fourth-order valence-corrected chi connectivity index (χ4v) is 3.58. The number of nitrogens with one attached hydrogen (secondary N) is 1. The quantitative estimate of drug-likeness (QED) is 0.790. The van der Waals surface area contributed by atoms with Gasteiger partial charge in [0.1, 0.15) is 0 Å². The predicted octanol–water partition coefficient (Wildman–Crippen LogP) is 3.52. The van der Waals surface area contributed by atoms with Crippen LogP contribution in [0.3, 0.4) is 0 Å². The van der Waals surface area contributed by atoms with Crippen molar-refractivity contribution in [2.24, 2.45) is 11.3 Å². The van der Waals surface area contributed by atoms with Crippen LogP contribution in [0.1, 0.15) is 45.4 Å². The van der Waals surface area contributed by atoms with Crippen molar-refractivity contribution < 1.29 is 0 Å². The maximum absolute atomic E-state index is 4.53. The molecule has 1 aromatic heterocycles. The van der Waals surface area contributed by atoms with Crippen LogP contribution in [0.15, 0.2) is 6.20 Å². The molecule has 1 N–H and O–H groups in total. The van der Waals surface area contributed by atoms with Gasteiger partial charge in [0.05, 0.1) is 0 Å². The lowest BCUT2D eigenvalue weighted by atomic mass is 9.92. The molecule has 0 aliphatic heterocycles. The van der Waals surface area contributed by atoms with Crippen LogP contribution in [0.5, 0.6) is 0 Å². The summed E-state index contributed by atoms with van der Waals surface area (Å²) in [6.45, 7) is 13.3. The van der Waals surface area contributed by atoms with Crippen molar-refractivity contribution in [2.45, 2.75) is 47.1 Å². The van der Waals surface area contributed by atoms with E-state index in [-0.39, 0.29) is 0 Å². The Labute approximate surface area is 121 Å². The molecule has 0 radical (unpaired) electrons. The molecule has 4 heteroatoms. The molecule has 1 aliphatic carbocycles. The molecule has 1 heterocycles. The summed E-state index contributed by atoms with van der Waals surface area (Å²) < 4.78 is 0. The molecular formula is C15H27N3S. The fourth-order valence-electron chi connectivity index (χ4n) is 2.57. The van der Waals surface area contributed by atoms with Crippen molar-refractivity contribution in [3.8, 4) is 0 Å². The molecule has 108 valence electrons. The van der Waals surface area contributed by atoms with Gasteiger partial charge in [-0.3, -0.25) is 0 Å². The summed E-state index contributed by atoms with van der Waals surface area (Å²) in [5.41, 5.74) is 0.590. The monoisotopic (exact) mass is 281 g/mol. The molecule has 0 amide bonds. The summed E-state index contributed by atoms with van der Waals surface area (Å²) in [4.78, 5) is 8.19. The summed E-state index contributed by atoms with van der Waals surface area (Å²) in [5, 5.41) is 4.79. The average Bonchev–Trinajstić information content (AvgIpc) is 3.05. The number of aromatic nitrogens is 1. The summed E-state index contributed by atoms with van der Waals surface area (Å²) >= 11 is 1.82. The highest BCUT2D eigenvalue weighted by Gasteiger charge is 2.44. The van der Waals surface area contributed by atoms with Crippen molar-refractivity contribution in [2.75, 3.05) is 24.5 Å². The zero-order valence-corrected chi connectivity index (χ0v) is 13.5. The molecular weight excluding hydrogens is 254 g/mol. The minimum Gasteiger partial charge on any atom is -0.349 e. The molecule has 0 atom stereocenters. The third kappa shape index (κ3) is 3.48. The van der Waals surface area contributed by atoms with Gasteiger partial charge in [-0.25, -0.2) is 4.98 Å². The van der Waals surface area contributed by atoms with E-state index >= 15 is 0 Å². The molecule has 0 bridgehead atoms. The Morgan fingerprint density at radius 1 is 1.37 bits per heavy atom. The van der Waals surface area contributed by atoms with Crippen LogP contribution in [0.2, 0.25) is 0 Å². The largest absolute Gasteiger partial charge is 0.349 e. The normalized spacial score (nSPS) is 16.9. The van der Waals surface area contributed by atoms with E-state index in [1.165, 1.54) is 17.7 Å². The minimum absolute atomic E-state index is 0.590. The lowest BCUT2D eigenvalue weighted by molar-refractivity contribution is 0.338. The van der Waals surface area contributed by atoms with Gasteiger partial charge in [0, 0.05) is 37.3 Å². The van der Waals surface area contributed by atoms with Gasteiger partial charge >= 0.3 is 0 Å². The third-order valence-corrected chi connectivity index (χ3v) is 5.53. The van der Waals surface area contributed by atoms with Gasteiger partial charge in [0.2, 0.25) is 0 Å². The van der Waals surface area contributed by atoms with Crippen LogP contribution >= 0.6 is 11.3 Å². The Hall–Kier alpha value is -0.610. The van der Waals surface area contributed by atoms with Gasteiger partial charge in [0.25, 0.3) is 0 Å². The molecule has 1 aromatic rings. The van der Waals surface area contributed by atoms with E-state index in [4.69, 9.17) is 0 Å². The first-order chi connectivity index (χ1) is 9.11. The van der Waals surface area contributed by atoms with E-state index < -0.39 is 0 Å². The van der Waals surface area contributed by atoms with Gasteiger partial charge in [-0.2, -0.15) is 0 Å². The highest BCUT2D eigenvalue weighted by atomic mass is 32.1. The Morgan fingerprint density at radius 2 is 2.05 bits per heavy atom. The minimum atomic E-state index is 0.590. The number of rotatable bonds is 8. The van der Waals surface area contributed by atoms with Crippen LogP contribution in [0, 0.1) is 11.3 Å². The summed E-state index contributed by atoms with van der Waals surface area (Å²) in [6, 6.07) is 0. The second-order valence-electron chi connectivity index (χ2n) is 5.90. The van der Waals surface area contributed by atoms with E-state index in [9.17, 15) is 0 Å². The first-order valence-corrected chi connectivity index (χ1v) is 8.33. The predicted molar refractivity (Wildman–Crippen MR) is 83.9 cm³/mol. The standard InChI is InChI=1S/C15H27N3S/c1-5-18(6-2)14-17-10-13(19-14)9-16-11-15(7-8-15)12(3)4/h10,12,16H,5-9,11H2,1-4H3. The van der Waals surface area contributed by atoms with E-state index in [0.29, 0.717) is 5.41 Å². The van der Waals surface area contributed by atoms with Gasteiger partial charge < -0.3 is 10.2 Å². The highest BCUT2D eigenvalue weighted by molar-refractivity contribution is 7.15. The zero-order chi connectivity index (χ0) is 13.9. The van der Waals surface area contributed by atoms with Crippen molar-refractivity contribution in [3.05, 3.63) is 11.1 Å². The fraction of sp³-hybridized carbons (Fsp3) is 0.800. The molecule has 0 unspecified atom stereocenters. The van der Waals surface area contributed by atoms with Gasteiger partial charge in [0.15, 0.2) is 5.13 Å². The Morgan fingerprint density at radius 3 is 2.58 bits per heavy atom. The molecule has 0 saturated heterocycles. The van der Waals surface area contributed by atoms with Crippen molar-refractivity contribution >= 4 is 16.5 Å². The second-order valence-corrected chi connectivity index (χ2v) is 7.00. The van der Waals surface area contributed by atoms with Crippen LogP contribution < -0.4 is 10.2 Å². The Bertz CT molecular complexity index is 392. The number of hydrogen-bond donors (Lipinski definition) is 1. The molecule has 0 aromatic carbocycles. The Kier molecular flexibility index (Phi) is 4.85. The van der Waals surface area contributed by atoms with E-state index in [1.54, 1.807) is 0 Å². The molecule has 0 spiro atoms. The molecule has 19 heavy (non-hydrogen) atoms. The maximum atomic E-state index is 4.53. The summed E-state index contributed by atoms with van der Waals surface area (Å²) in [7, 11) is 0. The zero-order valence-electron chi connectivity index (χ0n) is 12.7. The molecule has 1 saturated carbocycles. The molecule has 1 fully saturated rings. The first-order valence-electron chi connectivity index (χ1n) is 7.51. The van der Waals surface area contributed by atoms with Crippen LogP contribution in [0.25, 0.3) is 0 Å². The SMILES string of the molecule is CCN(CC)c1ncc(CNCC2(C(C)C)CC2)s1. The second kappa shape index (κ2) is 6.23. The Balaban J connectivity index is 1.81. The van der Waals surface area contributed by atoms with Crippen LogP contribution in [0.4, 0.5) is 5.13 Å². The maximum Gasteiger partial charge on any atom is 0.185 e. The summed E-state index contributed by atoms with van der Waals surface area (Å²) in [5.74, 6) is 0.799. The summed E-state index contributed by atoms with van der Waals surface area (Å²) in [6.07, 6.45) is 4.82. The highest BCUT2D eigenvalue weighted by Crippen LogP contribution is 2.51. The van der Waals surface area contributed by atoms with Gasteiger partial charge in [-0.15, -0.1) is 11.3 Å². The van der Waals surface area contributed by atoms with Crippen LogP contribution in [-0.2, 0) is 6.54 Å². The van der Waals surface area contributed by atoms with Crippen LogP contribution in [-0.4, -0.2) is 24.6 Å². The van der Waals surface area contributed by atoms with E-state index in [0.717, 1.165) is 37.2 Å².